The first-order valence-corrected chi connectivity index (χ1v) is 12.2. The van der Waals surface area contributed by atoms with Gasteiger partial charge in [-0.15, -0.1) is 0 Å². The highest BCUT2D eigenvalue weighted by atomic mass is 19.1. The van der Waals surface area contributed by atoms with Gasteiger partial charge >= 0.3 is 12.2 Å². The number of nitrogens with one attached hydrogen (secondary N) is 3. The maximum Gasteiger partial charge on any atom is 0.414 e. The molecule has 0 unspecified atom stereocenters. The van der Waals surface area contributed by atoms with Crippen molar-refractivity contribution in [1.82, 2.24) is 16.0 Å². The number of nitrogens with zero attached hydrogens (tertiary/aromatic N) is 1. The number of anilines is 1. The minimum absolute atomic E-state index is 0.185. The zero-order valence-electron chi connectivity index (χ0n) is 22.1. The molecule has 3 N–H and O–H groups in total. The van der Waals surface area contributed by atoms with Gasteiger partial charge in [0.05, 0.1) is 18.8 Å². The van der Waals surface area contributed by atoms with Crippen LogP contribution in [0.2, 0.25) is 0 Å². The lowest BCUT2D eigenvalue weighted by atomic mass is 10.0. The third-order valence-corrected chi connectivity index (χ3v) is 5.58. The van der Waals surface area contributed by atoms with Crippen molar-refractivity contribution in [3.63, 3.8) is 0 Å². The van der Waals surface area contributed by atoms with Crippen LogP contribution in [0, 0.1) is 5.82 Å². The number of carbonyl (C=O) groups excluding carboxylic acids is 4. The van der Waals surface area contributed by atoms with Gasteiger partial charge in [0.15, 0.2) is 0 Å². The van der Waals surface area contributed by atoms with Gasteiger partial charge in [-0.3, -0.25) is 14.5 Å². The van der Waals surface area contributed by atoms with Gasteiger partial charge in [-0.05, 0) is 57.0 Å². The smallest absolute Gasteiger partial charge is 0.414 e. The van der Waals surface area contributed by atoms with Crippen molar-refractivity contribution in [1.29, 1.82) is 0 Å². The monoisotopic (exact) mass is 528 g/mol. The van der Waals surface area contributed by atoms with Gasteiger partial charge in [-0.1, -0.05) is 24.3 Å². The average Bonchev–Trinajstić information content (AvgIpc) is 3.20. The molecule has 38 heavy (non-hydrogen) atoms. The van der Waals surface area contributed by atoms with E-state index in [0.717, 1.165) is 5.56 Å². The largest absolute Gasteiger partial charge is 0.444 e. The van der Waals surface area contributed by atoms with Gasteiger partial charge in [0.1, 0.15) is 23.6 Å². The van der Waals surface area contributed by atoms with Crippen molar-refractivity contribution in [3.05, 3.63) is 53.8 Å². The maximum atomic E-state index is 15.0. The first-order chi connectivity index (χ1) is 17.8. The lowest BCUT2D eigenvalue weighted by Crippen LogP contribution is -2.46. The highest BCUT2D eigenvalue weighted by Crippen LogP contribution is 2.29. The second-order valence-corrected chi connectivity index (χ2v) is 10.0. The van der Waals surface area contributed by atoms with Gasteiger partial charge in [0.2, 0.25) is 11.8 Å². The molecule has 204 valence electrons. The molecular formula is C27H33FN4O6. The Kier molecular flexibility index (Phi) is 8.92. The highest BCUT2D eigenvalue weighted by Gasteiger charge is 2.32. The Morgan fingerprint density at radius 2 is 1.82 bits per heavy atom. The van der Waals surface area contributed by atoms with Crippen LogP contribution >= 0.6 is 0 Å². The van der Waals surface area contributed by atoms with Crippen LogP contribution in [-0.4, -0.2) is 54.8 Å². The molecule has 1 aliphatic rings. The summed E-state index contributed by atoms with van der Waals surface area (Å²) >= 11 is 0. The predicted octanol–water partition coefficient (Wildman–Crippen LogP) is 3.48. The molecule has 11 heteroatoms. The van der Waals surface area contributed by atoms with E-state index < -0.39 is 35.8 Å². The van der Waals surface area contributed by atoms with E-state index in [-0.39, 0.29) is 31.4 Å². The SMILES string of the molecule is CC(=O)NC[C@H]1CN(c2ccc(-c3ccc(CNC(=O)[C@H](C)NC(=O)OC(C)(C)C)cc3)c(F)c2)C(=O)O1. The first-order valence-electron chi connectivity index (χ1n) is 12.2. The first kappa shape index (κ1) is 28.4. The number of halogens is 1. The maximum absolute atomic E-state index is 15.0. The van der Waals surface area contributed by atoms with E-state index in [2.05, 4.69) is 16.0 Å². The van der Waals surface area contributed by atoms with Crippen LogP contribution in [0.5, 0.6) is 0 Å². The molecule has 1 fully saturated rings. The molecule has 10 nitrogen and oxygen atoms in total. The topological polar surface area (TPSA) is 126 Å². The molecule has 0 spiro atoms. The minimum atomic E-state index is -0.787. The fraction of sp³-hybridized carbons (Fsp3) is 0.407. The van der Waals surface area contributed by atoms with Crippen LogP contribution < -0.4 is 20.9 Å². The van der Waals surface area contributed by atoms with Crippen LogP contribution in [0.4, 0.5) is 19.7 Å². The van der Waals surface area contributed by atoms with Gasteiger partial charge in [0, 0.05) is 19.0 Å². The Morgan fingerprint density at radius 1 is 1.13 bits per heavy atom. The van der Waals surface area contributed by atoms with E-state index in [1.807, 2.05) is 0 Å². The molecule has 1 heterocycles. The van der Waals surface area contributed by atoms with Gasteiger partial charge in [-0.25, -0.2) is 14.0 Å². The predicted molar refractivity (Wildman–Crippen MR) is 139 cm³/mol. The zero-order valence-corrected chi connectivity index (χ0v) is 22.1. The summed E-state index contributed by atoms with van der Waals surface area (Å²) in [6.07, 6.45) is -1.79. The quantitative estimate of drug-likeness (QED) is 0.482. The summed E-state index contributed by atoms with van der Waals surface area (Å²) in [5, 5.41) is 7.83. The standard InChI is InChI=1S/C27H33FN4O6/c1-16(31-25(35)38-27(3,4)5)24(34)30-13-18-6-8-19(9-7-18)22-11-10-20(12-23(22)28)32-15-21(37-26(32)36)14-29-17(2)33/h6-12,16,21H,13-15H2,1-5H3,(H,29,33)(H,30,34)(H,31,35)/t16-,21-/m0/s1. The molecule has 0 aromatic heterocycles. The minimum Gasteiger partial charge on any atom is -0.444 e. The average molecular weight is 529 g/mol. The summed E-state index contributed by atoms with van der Waals surface area (Å²) in [6.45, 7) is 8.73. The van der Waals surface area contributed by atoms with Crippen molar-refractivity contribution >= 4 is 29.7 Å². The Hall–Kier alpha value is -4.15. The number of amides is 4. The molecule has 0 aliphatic carbocycles. The van der Waals surface area contributed by atoms with E-state index in [9.17, 15) is 23.6 Å². The summed E-state index contributed by atoms with van der Waals surface area (Å²) in [4.78, 5) is 48.8. The molecule has 4 amide bonds. The van der Waals surface area contributed by atoms with Crippen LogP contribution in [-0.2, 0) is 25.6 Å². The molecule has 1 aliphatic heterocycles. The van der Waals surface area contributed by atoms with Crippen molar-refractivity contribution in [2.24, 2.45) is 0 Å². The molecule has 1 saturated heterocycles. The number of rotatable bonds is 8. The van der Waals surface area contributed by atoms with Crippen LogP contribution in [0.15, 0.2) is 42.5 Å². The van der Waals surface area contributed by atoms with E-state index in [0.29, 0.717) is 16.8 Å². The number of carbonyl (C=O) groups is 4. The van der Waals surface area contributed by atoms with Gasteiger partial charge in [-0.2, -0.15) is 0 Å². The van der Waals surface area contributed by atoms with E-state index in [1.165, 1.54) is 17.9 Å². The summed E-state index contributed by atoms with van der Waals surface area (Å²) in [5.74, 6) is -1.11. The Morgan fingerprint density at radius 3 is 2.42 bits per heavy atom. The number of hydrogen-bond acceptors (Lipinski definition) is 6. The number of ether oxygens (including phenoxy) is 2. The van der Waals surface area contributed by atoms with Crippen molar-refractivity contribution in [3.8, 4) is 11.1 Å². The number of benzene rings is 2. The summed E-state index contributed by atoms with van der Waals surface area (Å²) in [5.41, 5.74) is 1.45. The van der Waals surface area contributed by atoms with E-state index in [4.69, 9.17) is 9.47 Å². The Bertz CT molecular complexity index is 1200. The van der Waals surface area contributed by atoms with Crippen molar-refractivity contribution < 1.29 is 33.0 Å². The summed E-state index contributed by atoms with van der Waals surface area (Å²) < 4.78 is 25.4. The third kappa shape index (κ3) is 7.92. The van der Waals surface area contributed by atoms with E-state index >= 15 is 0 Å². The van der Waals surface area contributed by atoms with Crippen molar-refractivity contribution in [2.75, 3.05) is 18.0 Å². The molecular weight excluding hydrogens is 495 g/mol. The third-order valence-electron chi connectivity index (χ3n) is 5.58. The lowest BCUT2D eigenvalue weighted by molar-refractivity contribution is -0.123. The van der Waals surface area contributed by atoms with Crippen LogP contribution in [0.1, 0.15) is 40.2 Å². The number of cyclic esters (lactones) is 1. The molecule has 0 radical (unpaired) electrons. The summed E-state index contributed by atoms with van der Waals surface area (Å²) in [7, 11) is 0. The van der Waals surface area contributed by atoms with Gasteiger partial charge < -0.3 is 25.4 Å². The summed E-state index contributed by atoms with van der Waals surface area (Å²) in [6, 6.07) is 10.7. The normalized spacial score (nSPS) is 15.9. The van der Waals surface area contributed by atoms with Crippen molar-refractivity contribution in [2.45, 2.75) is 58.9 Å². The lowest BCUT2D eigenvalue weighted by Gasteiger charge is -2.21. The van der Waals surface area contributed by atoms with Gasteiger partial charge in [0.25, 0.3) is 0 Å². The number of hydrogen-bond donors (Lipinski definition) is 3. The fourth-order valence-electron chi connectivity index (χ4n) is 3.70. The Balaban J connectivity index is 1.56. The Labute approximate surface area is 220 Å². The van der Waals surface area contributed by atoms with Crippen LogP contribution in [0.25, 0.3) is 11.1 Å². The number of alkyl carbamates (subject to hydrolysis) is 1. The molecule has 0 saturated carbocycles. The fourth-order valence-corrected chi connectivity index (χ4v) is 3.70. The highest BCUT2D eigenvalue weighted by molar-refractivity contribution is 5.90. The van der Waals surface area contributed by atoms with E-state index in [1.54, 1.807) is 64.1 Å². The second-order valence-electron chi connectivity index (χ2n) is 10.0. The molecule has 0 bridgehead atoms. The molecule has 2 aromatic carbocycles. The molecule has 3 rings (SSSR count). The zero-order chi connectivity index (χ0) is 28.0. The van der Waals surface area contributed by atoms with Crippen LogP contribution in [0.3, 0.4) is 0 Å². The molecule has 2 aromatic rings. The second kappa shape index (κ2) is 11.9. The molecule has 2 atom stereocenters.